The molecule has 1 atom stereocenters. The van der Waals surface area contributed by atoms with Crippen LogP contribution in [0.5, 0.6) is 0 Å². The van der Waals surface area contributed by atoms with Crippen molar-refractivity contribution < 1.29 is 9.53 Å². The van der Waals surface area contributed by atoms with E-state index in [0.717, 1.165) is 48.1 Å². The summed E-state index contributed by atoms with van der Waals surface area (Å²) in [5, 5.41) is 1.08. The Morgan fingerprint density at radius 2 is 1.96 bits per heavy atom. The molecule has 2 aromatic carbocycles. The zero-order chi connectivity index (χ0) is 18.7. The molecular formula is C23H24N2O2. The van der Waals surface area contributed by atoms with Crippen molar-refractivity contribution >= 4 is 16.9 Å². The van der Waals surface area contributed by atoms with Crippen molar-refractivity contribution in [3.05, 3.63) is 69.9 Å². The van der Waals surface area contributed by atoms with Crippen LogP contribution in [-0.4, -0.2) is 29.1 Å². The van der Waals surface area contributed by atoms with E-state index in [9.17, 15) is 4.79 Å². The minimum Gasteiger partial charge on any atom is -0.465 e. The molecule has 1 aromatic heterocycles. The number of aromatic nitrogens is 1. The number of rotatable bonds is 1. The summed E-state index contributed by atoms with van der Waals surface area (Å²) in [5.74, 6) is -0.238. The molecule has 0 N–H and O–H groups in total. The number of hydrogen-bond acceptors (Lipinski definition) is 3. The van der Waals surface area contributed by atoms with Crippen LogP contribution in [0.25, 0.3) is 10.9 Å². The number of nitrogens with zero attached hydrogens (tertiary/aromatic N) is 2. The molecule has 0 amide bonds. The molecule has 4 nitrogen and oxygen atoms in total. The standard InChI is InChI=1S/C23H24N2O2/c1-14-21(23(26)27-3)22-18-13-25-11-10-15-6-4-5-7-17(15)20(25)12-16(18)8-9-19(22)24(14)2/h4-9,20H,10-13H2,1-3H3. The van der Waals surface area contributed by atoms with Gasteiger partial charge in [-0.05, 0) is 48.1 Å². The second-order valence-corrected chi connectivity index (χ2v) is 7.75. The van der Waals surface area contributed by atoms with Gasteiger partial charge in [0.15, 0.2) is 0 Å². The van der Waals surface area contributed by atoms with E-state index in [2.05, 4.69) is 45.9 Å². The third-order valence-electron chi connectivity index (χ3n) is 6.55. The van der Waals surface area contributed by atoms with E-state index in [0.29, 0.717) is 6.04 Å². The van der Waals surface area contributed by atoms with Gasteiger partial charge in [0.2, 0.25) is 0 Å². The van der Waals surface area contributed by atoms with Crippen molar-refractivity contribution in [2.24, 2.45) is 7.05 Å². The molecular weight excluding hydrogens is 336 g/mol. The van der Waals surface area contributed by atoms with Gasteiger partial charge in [-0.3, -0.25) is 4.90 Å². The van der Waals surface area contributed by atoms with Crippen molar-refractivity contribution in [2.75, 3.05) is 13.7 Å². The van der Waals surface area contributed by atoms with Gasteiger partial charge in [-0.2, -0.15) is 0 Å². The lowest BCUT2D eigenvalue weighted by Crippen LogP contribution is -2.39. The van der Waals surface area contributed by atoms with Gasteiger partial charge in [0.25, 0.3) is 0 Å². The summed E-state index contributed by atoms with van der Waals surface area (Å²) in [6.07, 6.45) is 2.09. The number of hydrogen-bond donors (Lipinski definition) is 0. The van der Waals surface area contributed by atoms with Crippen LogP contribution in [0.2, 0.25) is 0 Å². The molecule has 1 unspecified atom stereocenters. The Kier molecular flexibility index (Phi) is 3.66. The number of fused-ring (bicyclic) bond motifs is 6. The fourth-order valence-corrected chi connectivity index (χ4v) is 5.03. The van der Waals surface area contributed by atoms with Gasteiger partial charge < -0.3 is 9.30 Å². The van der Waals surface area contributed by atoms with Crippen molar-refractivity contribution in [1.29, 1.82) is 0 Å². The predicted molar refractivity (Wildman–Crippen MR) is 106 cm³/mol. The van der Waals surface area contributed by atoms with Crippen LogP contribution in [0.1, 0.15) is 44.3 Å². The first-order chi connectivity index (χ1) is 13.1. The fourth-order valence-electron chi connectivity index (χ4n) is 5.03. The highest BCUT2D eigenvalue weighted by Crippen LogP contribution is 2.41. The summed E-state index contributed by atoms with van der Waals surface area (Å²) >= 11 is 0. The Bertz CT molecular complexity index is 1080. The third kappa shape index (κ3) is 2.29. The molecule has 3 heterocycles. The van der Waals surface area contributed by atoms with Crippen molar-refractivity contribution in [2.45, 2.75) is 32.4 Å². The number of carbonyl (C=O) groups is 1. The summed E-state index contributed by atoms with van der Waals surface area (Å²) in [4.78, 5) is 15.1. The topological polar surface area (TPSA) is 34.5 Å². The van der Waals surface area contributed by atoms with E-state index in [1.807, 2.05) is 14.0 Å². The van der Waals surface area contributed by atoms with E-state index >= 15 is 0 Å². The SMILES string of the molecule is COC(=O)c1c(C)n(C)c2ccc3c(c12)CN1CCc2ccccc2C1C3. The molecule has 0 bridgehead atoms. The molecule has 3 aromatic rings. The van der Waals surface area contributed by atoms with E-state index < -0.39 is 0 Å². The maximum absolute atomic E-state index is 12.5. The molecule has 0 spiro atoms. The Balaban J connectivity index is 1.70. The highest BCUT2D eigenvalue weighted by molar-refractivity contribution is 6.07. The summed E-state index contributed by atoms with van der Waals surface area (Å²) in [5.41, 5.74) is 8.41. The average molecular weight is 360 g/mol. The first kappa shape index (κ1) is 16.6. The third-order valence-corrected chi connectivity index (χ3v) is 6.55. The van der Waals surface area contributed by atoms with Crippen LogP contribution in [0.15, 0.2) is 36.4 Å². The van der Waals surface area contributed by atoms with Crippen molar-refractivity contribution in [1.82, 2.24) is 9.47 Å². The van der Waals surface area contributed by atoms with Crippen LogP contribution in [0.4, 0.5) is 0 Å². The maximum Gasteiger partial charge on any atom is 0.340 e. The second-order valence-electron chi connectivity index (χ2n) is 7.75. The van der Waals surface area contributed by atoms with Gasteiger partial charge in [-0.1, -0.05) is 30.3 Å². The average Bonchev–Trinajstić information content (AvgIpc) is 2.97. The first-order valence-electron chi connectivity index (χ1n) is 9.60. The van der Waals surface area contributed by atoms with E-state index in [-0.39, 0.29) is 5.97 Å². The summed E-state index contributed by atoms with van der Waals surface area (Å²) in [6.45, 7) is 3.96. The van der Waals surface area contributed by atoms with E-state index in [1.54, 1.807) is 0 Å². The van der Waals surface area contributed by atoms with Crippen LogP contribution < -0.4 is 0 Å². The lowest BCUT2D eigenvalue weighted by molar-refractivity contribution is 0.0601. The van der Waals surface area contributed by atoms with Gasteiger partial charge in [0, 0.05) is 42.8 Å². The summed E-state index contributed by atoms with van der Waals surface area (Å²) in [6, 6.07) is 13.7. The largest absolute Gasteiger partial charge is 0.465 e. The summed E-state index contributed by atoms with van der Waals surface area (Å²) < 4.78 is 7.23. The molecule has 0 fully saturated rings. The number of aryl methyl sites for hydroxylation is 1. The summed E-state index contributed by atoms with van der Waals surface area (Å²) in [7, 11) is 3.49. The molecule has 0 aliphatic carbocycles. The molecule has 5 rings (SSSR count). The molecule has 2 aliphatic rings. The monoisotopic (exact) mass is 360 g/mol. The number of carbonyl (C=O) groups excluding carboxylic acids is 1. The van der Waals surface area contributed by atoms with Gasteiger partial charge in [-0.25, -0.2) is 4.79 Å². The van der Waals surface area contributed by atoms with Crippen LogP contribution in [0, 0.1) is 6.92 Å². The Morgan fingerprint density at radius 3 is 2.78 bits per heavy atom. The Morgan fingerprint density at radius 1 is 1.15 bits per heavy atom. The fraction of sp³-hybridized carbons (Fsp3) is 0.348. The molecule has 27 heavy (non-hydrogen) atoms. The van der Waals surface area contributed by atoms with E-state index in [1.165, 1.54) is 29.4 Å². The quantitative estimate of drug-likeness (QED) is 0.617. The lowest BCUT2D eigenvalue weighted by Gasteiger charge is -2.41. The minimum absolute atomic E-state index is 0.238. The molecule has 0 saturated carbocycles. The smallest absolute Gasteiger partial charge is 0.340 e. The minimum atomic E-state index is -0.238. The van der Waals surface area contributed by atoms with Gasteiger partial charge in [-0.15, -0.1) is 0 Å². The molecule has 0 radical (unpaired) electrons. The molecule has 2 aliphatic heterocycles. The molecule has 0 saturated heterocycles. The van der Waals surface area contributed by atoms with E-state index in [4.69, 9.17) is 4.74 Å². The number of ether oxygens (including phenoxy) is 1. The first-order valence-corrected chi connectivity index (χ1v) is 9.60. The maximum atomic E-state index is 12.5. The highest BCUT2D eigenvalue weighted by atomic mass is 16.5. The number of benzene rings is 2. The number of esters is 1. The lowest BCUT2D eigenvalue weighted by atomic mass is 9.83. The van der Waals surface area contributed by atoms with Crippen molar-refractivity contribution in [3.63, 3.8) is 0 Å². The van der Waals surface area contributed by atoms with Crippen LogP contribution >= 0.6 is 0 Å². The molecule has 138 valence electrons. The second kappa shape index (κ2) is 5.96. The highest BCUT2D eigenvalue weighted by Gasteiger charge is 2.34. The van der Waals surface area contributed by atoms with Gasteiger partial charge >= 0.3 is 5.97 Å². The predicted octanol–water partition coefficient (Wildman–Crippen LogP) is 3.93. The normalized spacial score (nSPS) is 18.7. The Hall–Kier alpha value is -2.59. The Labute approximate surface area is 159 Å². The zero-order valence-corrected chi connectivity index (χ0v) is 16.1. The molecule has 4 heteroatoms. The van der Waals surface area contributed by atoms with Gasteiger partial charge in [0.05, 0.1) is 12.7 Å². The zero-order valence-electron chi connectivity index (χ0n) is 16.1. The van der Waals surface area contributed by atoms with Crippen LogP contribution in [-0.2, 0) is 31.2 Å². The van der Waals surface area contributed by atoms with Crippen LogP contribution in [0.3, 0.4) is 0 Å². The number of methoxy groups -OCH3 is 1. The van der Waals surface area contributed by atoms with Gasteiger partial charge in [0.1, 0.15) is 0 Å². The van der Waals surface area contributed by atoms with Crippen molar-refractivity contribution in [3.8, 4) is 0 Å².